The molecule has 0 aliphatic heterocycles. The lowest BCUT2D eigenvalue weighted by Gasteiger charge is -2.22. The third kappa shape index (κ3) is 2.60. The molecule has 1 aromatic rings. The van der Waals surface area contributed by atoms with Crippen molar-refractivity contribution in [2.75, 3.05) is 0 Å². The summed E-state index contributed by atoms with van der Waals surface area (Å²) in [5.74, 6) is 0.573. The number of hydrogen-bond acceptors (Lipinski definition) is 0. The third-order valence-electron chi connectivity index (χ3n) is 3.77. The Morgan fingerprint density at radius 2 is 1.81 bits per heavy atom. The van der Waals surface area contributed by atoms with Crippen LogP contribution in [0.3, 0.4) is 0 Å². The van der Waals surface area contributed by atoms with Gasteiger partial charge in [-0.1, -0.05) is 43.0 Å². The van der Waals surface area contributed by atoms with Crippen LogP contribution in [0.4, 0.5) is 0 Å². The van der Waals surface area contributed by atoms with Crippen molar-refractivity contribution in [3.63, 3.8) is 0 Å². The van der Waals surface area contributed by atoms with Gasteiger partial charge in [0.15, 0.2) is 0 Å². The average Bonchev–Trinajstić information content (AvgIpc) is 2.47. The first kappa shape index (κ1) is 12.0. The van der Waals surface area contributed by atoms with Crippen molar-refractivity contribution < 1.29 is 0 Å². The summed E-state index contributed by atoms with van der Waals surface area (Å²) in [6, 6.07) is 6.76. The molecule has 0 saturated heterocycles. The van der Waals surface area contributed by atoms with Gasteiger partial charge in [-0.2, -0.15) is 0 Å². The first-order valence-electron chi connectivity index (χ1n) is 6.39. The molecular weight excluding hydrogens is 216 g/mol. The van der Waals surface area contributed by atoms with Crippen LogP contribution >= 0.6 is 11.6 Å². The molecule has 2 unspecified atom stereocenters. The highest BCUT2D eigenvalue weighted by molar-refractivity contribution is 6.21. The molecular formula is C15H21Cl. The predicted octanol–water partition coefficient (Wildman–Crippen LogP) is 4.96. The van der Waals surface area contributed by atoms with E-state index in [9.17, 15) is 0 Å². The molecule has 0 N–H and O–H groups in total. The molecule has 0 heterocycles. The summed E-state index contributed by atoms with van der Waals surface area (Å²) >= 11 is 6.55. The highest BCUT2D eigenvalue weighted by atomic mass is 35.5. The molecule has 16 heavy (non-hydrogen) atoms. The Balaban J connectivity index is 2.29. The molecule has 0 radical (unpaired) electrons. The monoisotopic (exact) mass is 236 g/mol. The van der Waals surface area contributed by atoms with Gasteiger partial charge in [0, 0.05) is 11.3 Å². The first-order chi connectivity index (χ1) is 7.68. The number of alkyl halides is 1. The predicted molar refractivity (Wildman–Crippen MR) is 71.4 cm³/mol. The number of hydrogen-bond donors (Lipinski definition) is 0. The highest BCUT2D eigenvalue weighted by Gasteiger charge is 2.24. The van der Waals surface area contributed by atoms with E-state index in [-0.39, 0.29) is 0 Å². The normalized spacial score (nSPS) is 26.4. The molecule has 88 valence electrons. The zero-order valence-electron chi connectivity index (χ0n) is 10.3. The zero-order chi connectivity index (χ0) is 11.5. The van der Waals surface area contributed by atoms with Gasteiger partial charge in [-0.25, -0.2) is 0 Å². The van der Waals surface area contributed by atoms with Crippen LogP contribution in [0.5, 0.6) is 0 Å². The number of rotatable bonds is 1. The fourth-order valence-electron chi connectivity index (χ4n) is 2.77. The molecule has 1 aromatic carbocycles. The van der Waals surface area contributed by atoms with Crippen LogP contribution in [0.2, 0.25) is 0 Å². The lowest BCUT2D eigenvalue weighted by Crippen LogP contribution is -2.12. The molecule has 0 nitrogen and oxygen atoms in total. The number of aryl methyl sites for hydroxylation is 2. The Bertz CT molecular complexity index is 356. The minimum absolute atomic E-state index is 0.336. The Kier molecular flexibility index (Phi) is 3.91. The van der Waals surface area contributed by atoms with Crippen LogP contribution in [0, 0.1) is 13.8 Å². The Labute approximate surface area is 104 Å². The van der Waals surface area contributed by atoms with E-state index in [1.54, 1.807) is 0 Å². The molecule has 0 aromatic heterocycles. The molecule has 0 bridgehead atoms. The Morgan fingerprint density at radius 3 is 2.62 bits per heavy atom. The molecule has 2 rings (SSSR count). The molecule has 2 atom stereocenters. The molecule has 0 spiro atoms. The zero-order valence-corrected chi connectivity index (χ0v) is 11.1. The molecule has 1 aliphatic rings. The number of benzene rings is 1. The second-order valence-corrected chi connectivity index (χ2v) is 5.68. The molecule has 1 saturated carbocycles. The summed E-state index contributed by atoms with van der Waals surface area (Å²) in [5, 5.41) is 0.336. The lowest BCUT2D eigenvalue weighted by molar-refractivity contribution is 0.597. The molecule has 1 fully saturated rings. The summed E-state index contributed by atoms with van der Waals surface area (Å²) in [4.78, 5) is 0. The minimum atomic E-state index is 0.336. The van der Waals surface area contributed by atoms with Gasteiger partial charge in [0.1, 0.15) is 0 Å². The van der Waals surface area contributed by atoms with Crippen LogP contribution in [0.25, 0.3) is 0 Å². The standard InChI is InChI=1S/C15H21Cl/c1-11-8-9-12(2)14(10-11)13-6-4-3-5-7-15(13)16/h8-10,13,15H,3-7H2,1-2H3. The molecule has 1 heteroatoms. The van der Waals surface area contributed by atoms with Gasteiger partial charge < -0.3 is 0 Å². The van der Waals surface area contributed by atoms with Crippen LogP contribution in [-0.4, -0.2) is 5.38 Å². The van der Waals surface area contributed by atoms with E-state index in [4.69, 9.17) is 11.6 Å². The SMILES string of the molecule is Cc1ccc(C)c(C2CCCCCC2Cl)c1. The van der Waals surface area contributed by atoms with Crippen molar-refractivity contribution in [3.05, 3.63) is 34.9 Å². The van der Waals surface area contributed by atoms with Gasteiger partial charge in [0.25, 0.3) is 0 Å². The maximum absolute atomic E-state index is 6.55. The summed E-state index contributed by atoms with van der Waals surface area (Å²) in [6.45, 7) is 4.38. The fraction of sp³-hybridized carbons (Fsp3) is 0.600. The quantitative estimate of drug-likeness (QED) is 0.478. The van der Waals surface area contributed by atoms with Crippen molar-refractivity contribution in [2.45, 2.75) is 57.2 Å². The van der Waals surface area contributed by atoms with Crippen molar-refractivity contribution in [2.24, 2.45) is 0 Å². The van der Waals surface area contributed by atoms with E-state index >= 15 is 0 Å². The second-order valence-electron chi connectivity index (χ2n) is 5.12. The molecule has 0 amide bonds. The Hall–Kier alpha value is -0.490. The van der Waals surface area contributed by atoms with Crippen molar-refractivity contribution in [1.29, 1.82) is 0 Å². The van der Waals surface area contributed by atoms with Crippen LogP contribution in [0.1, 0.15) is 54.7 Å². The smallest absolute Gasteiger partial charge is 0.0404 e. The summed E-state index contributed by atoms with van der Waals surface area (Å²) in [6.07, 6.45) is 6.43. The summed E-state index contributed by atoms with van der Waals surface area (Å²) < 4.78 is 0. The maximum Gasteiger partial charge on any atom is 0.0404 e. The van der Waals surface area contributed by atoms with Gasteiger partial charge in [-0.3, -0.25) is 0 Å². The second kappa shape index (κ2) is 5.23. The van der Waals surface area contributed by atoms with E-state index in [1.165, 1.54) is 48.8 Å². The summed E-state index contributed by atoms with van der Waals surface area (Å²) in [5.41, 5.74) is 4.25. The Morgan fingerprint density at radius 1 is 1.06 bits per heavy atom. The van der Waals surface area contributed by atoms with Crippen molar-refractivity contribution in [3.8, 4) is 0 Å². The van der Waals surface area contributed by atoms with Crippen LogP contribution < -0.4 is 0 Å². The van der Waals surface area contributed by atoms with Crippen molar-refractivity contribution in [1.82, 2.24) is 0 Å². The van der Waals surface area contributed by atoms with Crippen molar-refractivity contribution >= 4 is 11.6 Å². The first-order valence-corrected chi connectivity index (χ1v) is 6.83. The minimum Gasteiger partial charge on any atom is -0.122 e. The van der Waals surface area contributed by atoms with Gasteiger partial charge in [0.05, 0.1) is 0 Å². The van der Waals surface area contributed by atoms with E-state index in [0.29, 0.717) is 11.3 Å². The average molecular weight is 237 g/mol. The third-order valence-corrected chi connectivity index (χ3v) is 4.29. The maximum atomic E-state index is 6.55. The van der Waals surface area contributed by atoms with Crippen LogP contribution in [-0.2, 0) is 0 Å². The fourth-order valence-corrected chi connectivity index (χ4v) is 3.19. The van der Waals surface area contributed by atoms with E-state index in [2.05, 4.69) is 32.0 Å². The van der Waals surface area contributed by atoms with Gasteiger partial charge in [-0.15, -0.1) is 11.6 Å². The van der Waals surface area contributed by atoms with Gasteiger partial charge >= 0.3 is 0 Å². The van der Waals surface area contributed by atoms with Gasteiger partial charge in [0.2, 0.25) is 0 Å². The van der Waals surface area contributed by atoms with E-state index in [1.807, 2.05) is 0 Å². The summed E-state index contributed by atoms with van der Waals surface area (Å²) in [7, 11) is 0. The van der Waals surface area contributed by atoms with Crippen LogP contribution in [0.15, 0.2) is 18.2 Å². The topological polar surface area (TPSA) is 0 Å². The lowest BCUT2D eigenvalue weighted by atomic mass is 9.87. The number of halogens is 1. The van der Waals surface area contributed by atoms with Gasteiger partial charge in [-0.05, 0) is 37.8 Å². The van der Waals surface area contributed by atoms with E-state index < -0.39 is 0 Å². The van der Waals surface area contributed by atoms with E-state index in [0.717, 1.165) is 0 Å². The highest BCUT2D eigenvalue weighted by Crippen LogP contribution is 2.36. The largest absolute Gasteiger partial charge is 0.122 e. The molecule has 1 aliphatic carbocycles.